The molecule has 0 aliphatic carbocycles. The summed E-state index contributed by atoms with van der Waals surface area (Å²) in [4.78, 5) is 11.7. The first-order valence-electron chi connectivity index (χ1n) is 9.01. The van der Waals surface area contributed by atoms with Crippen molar-refractivity contribution < 1.29 is 37.3 Å². The van der Waals surface area contributed by atoms with E-state index in [0.717, 1.165) is 0 Å². The van der Waals surface area contributed by atoms with E-state index < -0.39 is 35.1 Å². The van der Waals surface area contributed by atoms with Crippen molar-refractivity contribution >= 4 is 5.97 Å². The standard InChI is InChI=1S/C19H29F3O5/c1-10(2)15(23)26-14-9-12-11(8-13(14)25-12)16(3,4)27-17(5,6)18(7,24)19(20,21)22/h11-14,24H,1,8-9H2,2-7H3. The molecule has 2 aliphatic heterocycles. The lowest BCUT2D eigenvalue weighted by Gasteiger charge is -2.48. The van der Waals surface area contributed by atoms with Gasteiger partial charge in [-0.2, -0.15) is 13.2 Å². The highest BCUT2D eigenvalue weighted by Gasteiger charge is 2.63. The second kappa shape index (κ2) is 6.74. The summed E-state index contributed by atoms with van der Waals surface area (Å²) in [6, 6.07) is 0. The number of rotatable bonds is 6. The van der Waals surface area contributed by atoms with Crippen molar-refractivity contribution in [2.75, 3.05) is 0 Å². The van der Waals surface area contributed by atoms with E-state index in [2.05, 4.69) is 6.58 Å². The summed E-state index contributed by atoms with van der Waals surface area (Å²) >= 11 is 0. The normalized spacial score (nSPS) is 30.9. The molecule has 0 amide bonds. The number of hydrogen-bond acceptors (Lipinski definition) is 5. The van der Waals surface area contributed by atoms with Gasteiger partial charge in [0.25, 0.3) is 0 Å². The van der Waals surface area contributed by atoms with Crippen LogP contribution in [-0.4, -0.2) is 52.4 Å². The average Bonchev–Trinajstić information content (AvgIpc) is 3.04. The van der Waals surface area contributed by atoms with E-state index in [1.54, 1.807) is 20.8 Å². The van der Waals surface area contributed by atoms with E-state index in [9.17, 15) is 23.1 Å². The summed E-state index contributed by atoms with van der Waals surface area (Å²) in [5, 5.41) is 10.1. The van der Waals surface area contributed by atoms with Crippen molar-refractivity contribution in [1.82, 2.24) is 0 Å². The zero-order chi connectivity index (χ0) is 21.0. The Bertz CT molecular complexity index is 609. The van der Waals surface area contributed by atoms with Crippen LogP contribution in [0.1, 0.15) is 54.4 Å². The molecule has 5 nitrogen and oxygen atoms in total. The smallest absolute Gasteiger partial charge is 0.419 e. The van der Waals surface area contributed by atoms with Gasteiger partial charge in [-0.3, -0.25) is 0 Å². The first-order valence-corrected chi connectivity index (χ1v) is 9.01. The summed E-state index contributed by atoms with van der Waals surface area (Å²) in [7, 11) is 0. The third-order valence-corrected chi connectivity index (χ3v) is 5.91. The number of carbonyl (C=O) groups excluding carboxylic acids is 1. The van der Waals surface area contributed by atoms with E-state index in [1.165, 1.54) is 13.8 Å². The molecule has 1 N–H and O–H groups in total. The Morgan fingerprint density at radius 1 is 1.11 bits per heavy atom. The highest BCUT2D eigenvalue weighted by Crippen LogP contribution is 2.49. The van der Waals surface area contributed by atoms with Gasteiger partial charge in [-0.15, -0.1) is 0 Å². The lowest BCUT2D eigenvalue weighted by molar-refractivity contribution is -0.331. The van der Waals surface area contributed by atoms with Crippen molar-refractivity contribution in [2.45, 2.75) is 95.7 Å². The van der Waals surface area contributed by atoms with E-state index in [0.29, 0.717) is 25.3 Å². The molecule has 0 saturated carbocycles. The summed E-state index contributed by atoms with van der Waals surface area (Å²) in [6.07, 6.45) is -4.89. The predicted molar refractivity (Wildman–Crippen MR) is 92.0 cm³/mol. The van der Waals surface area contributed by atoms with Gasteiger partial charge in [-0.1, -0.05) is 6.58 Å². The molecule has 2 fully saturated rings. The average molecular weight is 394 g/mol. The second-order valence-electron chi connectivity index (χ2n) is 8.80. The quantitative estimate of drug-likeness (QED) is 0.551. The number of alkyl halides is 3. The first kappa shape index (κ1) is 22.2. The maximum absolute atomic E-state index is 13.3. The Morgan fingerprint density at radius 3 is 2.07 bits per heavy atom. The molecule has 5 unspecified atom stereocenters. The molecule has 0 spiro atoms. The van der Waals surface area contributed by atoms with Gasteiger partial charge in [-0.25, -0.2) is 4.79 Å². The highest BCUT2D eigenvalue weighted by molar-refractivity contribution is 5.87. The summed E-state index contributed by atoms with van der Waals surface area (Å²) in [6.45, 7) is 11.7. The van der Waals surface area contributed by atoms with Crippen molar-refractivity contribution in [2.24, 2.45) is 5.92 Å². The van der Waals surface area contributed by atoms with Crippen molar-refractivity contribution in [3.05, 3.63) is 12.2 Å². The predicted octanol–water partition coefficient (Wildman–Crippen LogP) is 3.54. The summed E-state index contributed by atoms with van der Waals surface area (Å²) < 4.78 is 56.8. The molecule has 2 saturated heterocycles. The molecule has 27 heavy (non-hydrogen) atoms. The van der Waals surface area contributed by atoms with Crippen molar-refractivity contribution in [1.29, 1.82) is 0 Å². The molecule has 0 aromatic carbocycles. The van der Waals surface area contributed by atoms with Crippen LogP contribution in [0.3, 0.4) is 0 Å². The van der Waals surface area contributed by atoms with Gasteiger partial charge in [-0.05, 0) is 48.0 Å². The van der Waals surface area contributed by atoms with Crippen LogP contribution >= 0.6 is 0 Å². The van der Waals surface area contributed by atoms with Crippen molar-refractivity contribution in [3.63, 3.8) is 0 Å². The molecule has 5 atom stereocenters. The molecular weight excluding hydrogens is 365 g/mol. The van der Waals surface area contributed by atoms with E-state index in [1.807, 2.05) is 0 Å². The topological polar surface area (TPSA) is 65.0 Å². The van der Waals surface area contributed by atoms with Crippen LogP contribution in [0.15, 0.2) is 12.2 Å². The number of halogens is 3. The van der Waals surface area contributed by atoms with Gasteiger partial charge in [0, 0.05) is 17.9 Å². The lowest BCUT2D eigenvalue weighted by atomic mass is 9.76. The number of aliphatic hydroxyl groups is 1. The minimum Gasteiger partial charge on any atom is -0.456 e. The SMILES string of the molecule is C=C(C)C(=O)OC1CC2OC1CC2C(C)(C)OC(C)(C)C(C)(O)C(F)(F)F. The van der Waals surface area contributed by atoms with Crippen LogP contribution in [0.2, 0.25) is 0 Å². The molecule has 0 aromatic heterocycles. The Kier molecular flexibility index (Phi) is 5.53. The van der Waals surface area contributed by atoms with Gasteiger partial charge >= 0.3 is 12.1 Å². The molecule has 2 rings (SSSR count). The second-order valence-corrected chi connectivity index (χ2v) is 8.80. The van der Waals surface area contributed by atoms with E-state index >= 15 is 0 Å². The molecule has 2 aliphatic rings. The Labute approximate surface area is 157 Å². The molecule has 2 bridgehead atoms. The first-order chi connectivity index (χ1) is 12.0. The fourth-order valence-corrected chi connectivity index (χ4v) is 3.88. The van der Waals surface area contributed by atoms with Gasteiger partial charge in [0.1, 0.15) is 11.7 Å². The fraction of sp³-hybridized carbons (Fsp3) is 0.842. The minimum atomic E-state index is -4.83. The number of carbonyl (C=O) groups is 1. The van der Waals surface area contributed by atoms with Crippen LogP contribution in [0, 0.1) is 5.92 Å². The van der Waals surface area contributed by atoms with Crippen LogP contribution in [-0.2, 0) is 19.0 Å². The number of ether oxygens (including phenoxy) is 3. The third kappa shape index (κ3) is 4.03. The van der Waals surface area contributed by atoms with Gasteiger partial charge in [0.15, 0.2) is 5.60 Å². The monoisotopic (exact) mass is 394 g/mol. The highest BCUT2D eigenvalue weighted by atomic mass is 19.4. The molecular formula is C19H29F3O5. The Hall–Kier alpha value is -1.12. The maximum Gasteiger partial charge on any atom is 0.419 e. The van der Waals surface area contributed by atoms with Gasteiger partial charge in [0.2, 0.25) is 0 Å². The minimum absolute atomic E-state index is 0.189. The maximum atomic E-state index is 13.3. The largest absolute Gasteiger partial charge is 0.456 e. The summed E-state index contributed by atoms with van der Waals surface area (Å²) in [5.74, 6) is -0.670. The van der Waals surface area contributed by atoms with Crippen LogP contribution in [0.25, 0.3) is 0 Å². The number of hydrogen-bond donors (Lipinski definition) is 1. The van der Waals surface area contributed by atoms with Crippen molar-refractivity contribution in [3.8, 4) is 0 Å². The van der Waals surface area contributed by atoms with Crippen LogP contribution in [0.4, 0.5) is 13.2 Å². The summed E-state index contributed by atoms with van der Waals surface area (Å²) in [5.41, 5.74) is -5.58. The molecule has 0 aromatic rings. The zero-order valence-corrected chi connectivity index (χ0v) is 16.6. The zero-order valence-electron chi connectivity index (χ0n) is 16.6. The Balaban J connectivity index is 2.08. The van der Waals surface area contributed by atoms with Gasteiger partial charge in [0.05, 0.1) is 17.8 Å². The third-order valence-electron chi connectivity index (χ3n) is 5.91. The van der Waals surface area contributed by atoms with E-state index in [4.69, 9.17) is 14.2 Å². The number of fused-ring (bicyclic) bond motifs is 2. The molecule has 2 heterocycles. The van der Waals surface area contributed by atoms with Crippen LogP contribution in [0.5, 0.6) is 0 Å². The molecule has 0 radical (unpaired) electrons. The fourth-order valence-electron chi connectivity index (χ4n) is 3.88. The molecule has 156 valence electrons. The van der Waals surface area contributed by atoms with Crippen LogP contribution < -0.4 is 0 Å². The van der Waals surface area contributed by atoms with E-state index in [-0.39, 0.29) is 18.1 Å². The Morgan fingerprint density at radius 2 is 1.67 bits per heavy atom. The van der Waals surface area contributed by atoms with Gasteiger partial charge < -0.3 is 19.3 Å². The molecule has 8 heteroatoms. The number of esters is 1. The lowest BCUT2D eigenvalue weighted by Crippen LogP contribution is -2.62.